The summed E-state index contributed by atoms with van der Waals surface area (Å²) in [6.07, 6.45) is 1.44. The van der Waals surface area contributed by atoms with E-state index in [0.717, 1.165) is 0 Å². The average molecular weight is 273 g/mol. The normalized spacial score (nSPS) is 10.1. The summed E-state index contributed by atoms with van der Waals surface area (Å²) < 4.78 is 11.4. The Morgan fingerprint density at radius 1 is 1.25 bits per heavy atom. The van der Waals surface area contributed by atoms with Gasteiger partial charge in [0.2, 0.25) is 0 Å². The lowest BCUT2D eigenvalue weighted by atomic mass is 10.2. The number of nitrogens with zero attached hydrogens (tertiary/aromatic N) is 1. The van der Waals surface area contributed by atoms with Gasteiger partial charge in [-0.1, -0.05) is 18.2 Å². The molecule has 1 aromatic heterocycles. The number of hydrogen-bond acceptors (Lipinski definition) is 4. The summed E-state index contributed by atoms with van der Waals surface area (Å²) in [6.45, 7) is 1.98. The Labute approximate surface area is 116 Å². The van der Waals surface area contributed by atoms with Crippen molar-refractivity contribution in [3.63, 3.8) is 0 Å². The number of ether oxygens (including phenoxy) is 2. The van der Waals surface area contributed by atoms with E-state index in [1.54, 1.807) is 19.1 Å². The number of pyridine rings is 1. The van der Waals surface area contributed by atoms with E-state index in [0.29, 0.717) is 5.69 Å². The molecule has 0 saturated carbocycles. The van der Waals surface area contributed by atoms with Crippen LogP contribution >= 0.6 is 0 Å². The minimum absolute atomic E-state index is 0.209. The Morgan fingerprint density at radius 2 is 1.95 bits per heavy atom. The first-order valence-corrected chi connectivity index (χ1v) is 6.20. The molecule has 0 N–H and O–H groups in total. The lowest BCUT2D eigenvalue weighted by Crippen LogP contribution is -2.20. The molecule has 0 saturated heterocycles. The van der Waals surface area contributed by atoms with Crippen LogP contribution in [0.25, 0.3) is 5.69 Å². The van der Waals surface area contributed by atoms with E-state index >= 15 is 0 Å². The number of methoxy groups -OCH3 is 1. The number of para-hydroxylation sites is 1. The molecule has 0 radical (unpaired) electrons. The SMILES string of the molecule is CCOC(=O)c1cn(-c2ccccc2)c(=O)cc1OC. The van der Waals surface area contributed by atoms with Gasteiger partial charge in [0, 0.05) is 18.0 Å². The fourth-order valence-corrected chi connectivity index (χ4v) is 1.84. The molecule has 2 rings (SSSR count). The third kappa shape index (κ3) is 2.71. The van der Waals surface area contributed by atoms with Gasteiger partial charge in [-0.2, -0.15) is 0 Å². The number of carbonyl (C=O) groups is 1. The van der Waals surface area contributed by atoms with Crippen molar-refractivity contribution in [3.05, 3.63) is 58.5 Å². The lowest BCUT2D eigenvalue weighted by molar-refractivity contribution is 0.0522. The molecule has 20 heavy (non-hydrogen) atoms. The second-order valence-electron chi connectivity index (χ2n) is 4.02. The summed E-state index contributed by atoms with van der Waals surface area (Å²) >= 11 is 0. The first-order valence-electron chi connectivity index (χ1n) is 6.20. The van der Waals surface area contributed by atoms with Gasteiger partial charge in [-0.05, 0) is 19.1 Å². The van der Waals surface area contributed by atoms with Crippen molar-refractivity contribution >= 4 is 5.97 Å². The largest absolute Gasteiger partial charge is 0.496 e. The molecule has 0 aliphatic heterocycles. The van der Waals surface area contributed by atoms with E-state index in [2.05, 4.69) is 0 Å². The molecule has 5 heteroatoms. The molecular weight excluding hydrogens is 258 g/mol. The third-order valence-corrected chi connectivity index (χ3v) is 2.77. The Balaban J connectivity index is 2.58. The van der Waals surface area contributed by atoms with Gasteiger partial charge in [-0.3, -0.25) is 9.36 Å². The summed E-state index contributed by atoms with van der Waals surface area (Å²) in [5.74, 6) is -0.310. The van der Waals surface area contributed by atoms with Gasteiger partial charge in [-0.25, -0.2) is 4.79 Å². The molecule has 0 aliphatic carbocycles. The fraction of sp³-hybridized carbons (Fsp3) is 0.200. The number of aromatic nitrogens is 1. The predicted molar refractivity (Wildman–Crippen MR) is 74.5 cm³/mol. The van der Waals surface area contributed by atoms with Crippen LogP contribution in [0.1, 0.15) is 17.3 Å². The molecule has 5 nitrogen and oxygen atoms in total. The van der Waals surface area contributed by atoms with Crippen molar-refractivity contribution in [2.75, 3.05) is 13.7 Å². The Morgan fingerprint density at radius 3 is 2.55 bits per heavy atom. The highest BCUT2D eigenvalue weighted by Gasteiger charge is 2.16. The molecule has 1 heterocycles. The zero-order valence-electron chi connectivity index (χ0n) is 11.3. The van der Waals surface area contributed by atoms with Crippen LogP contribution in [-0.2, 0) is 4.74 Å². The van der Waals surface area contributed by atoms with Gasteiger partial charge in [0.1, 0.15) is 11.3 Å². The fourth-order valence-electron chi connectivity index (χ4n) is 1.84. The Bertz CT molecular complexity index is 661. The average Bonchev–Trinajstić information content (AvgIpc) is 2.48. The van der Waals surface area contributed by atoms with Crippen molar-refractivity contribution in [2.24, 2.45) is 0 Å². The van der Waals surface area contributed by atoms with Crippen LogP contribution in [0, 0.1) is 0 Å². The van der Waals surface area contributed by atoms with Crippen molar-refractivity contribution < 1.29 is 14.3 Å². The van der Waals surface area contributed by atoms with Gasteiger partial charge in [-0.15, -0.1) is 0 Å². The van der Waals surface area contributed by atoms with Crippen LogP contribution in [0.4, 0.5) is 0 Å². The zero-order valence-corrected chi connectivity index (χ0v) is 11.3. The number of hydrogen-bond donors (Lipinski definition) is 0. The van der Waals surface area contributed by atoms with E-state index < -0.39 is 5.97 Å². The summed E-state index contributed by atoms with van der Waals surface area (Å²) in [6, 6.07) is 10.3. The molecule has 0 atom stereocenters. The molecule has 104 valence electrons. The molecule has 0 amide bonds. The smallest absolute Gasteiger partial charge is 0.343 e. The lowest BCUT2D eigenvalue weighted by Gasteiger charge is -2.11. The molecule has 0 bridgehead atoms. The quantitative estimate of drug-likeness (QED) is 0.800. The Kier molecular flexibility index (Phi) is 4.20. The van der Waals surface area contributed by atoms with E-state index in [-0.39, 0.29) is 23.5 Å². The monoisotopic (exact) mass is 273 g/mol. The first-order chi connectivity index (χ1) is 9.67. The maximum absolute atomic E-state index is 12.1. The summed E-state index contributed by atoms with van der Waals surface area (Å²) in [5.41, 5.74) is 0.615. The van der Waals surface area contributed by atoms with Gasteiger partial charge >= 0.3 is 5.97 Å². The highest BCUT2D eigenvalue weighted by Crippen LogP contribution is 2.18. The van der Waals surface area contributed by atoms with Crippen molar-refractivity contribution in [3.8, 4) is 11.4 Å². The molecule has 1 aromatic carbocycles. The van der Waals surface area contributed by atoms with Gasteiger partial charge < -0.3 is 9.47 Å². The highest BCUT2D eigenvalue weighted by atomic mass is 16.5. The Hall–Kier alpha value is -2.56. The number of esters is 1. The van der Waals surface area contributed by atoms with Crippen LogP contribution in [0.15, 0.2) is 47.4 Å². The van der Waals surface area contributed by atoms with Crippen LogP contribution in [0.5, 0.6) is 5.75 Å². The topological polar surface area (TPSA) is 57.5 Å². The third-order valence-electron chi connectivity index (χ3n) is 2.77. The second-order valence-corrected chi connectivity index (χ2v) is 4.02. The first kappa shape index (κ1) is 13.9. The molecular formula is C15H15NO4. The maximum Gasteiger partial charge on any atom is 0.343 e. The van der Waals surface area contributed by atoms with Crippen molar-refractivity contribution in [2.45, 2.75) is 6.92 Å². The van der Waals surface area contributed by atoms with E-state index in [4.69, 9.17) is 9.47 Å². The molecule has 0 unspecified atom stereocenters. The van der Waals surface area contributed by atoms with Crippen LogP contribution < -0.4 is 10.3 Å². The number of rotatable bonds is 4. The van der Waals surface area contributed by atoms with Gasteiger partial charge in [0.15, 0.2) is 0 Å². The van der Waals surface area contributed by atoms with Crippen LogP contribution in [0.3, 0.4) is 0 Å². The van der Waals surface area contributed by atoms with Crippen molar-refractivity contribution in [1.82, 2.24) is 4.57 Å². The van der Waals surface area contributed by atoms with E-state index in [1.807, 2.05) is 18.2 Å². The van der Waals surface area contributed by atoms with Crippen LogP contribution in [0.2, 0.25) is 0 Å². The van der Waals surface area contributed by atoms with Gasteiger partial charge in [0.05, 0.1) is 13.7 Å². The van der Waals surface area contributed by atoms with E-state index in [9.17, 15) is 9.59 Å². The molecule has 0 spiro atoms. The zero-order chi connectivity index (χ0) is 14.5. The molecule has 2 aromatic rings. The predicted octanol–water partition coefficient (Wildman–Crippen LogP) is 2.02. The standard InChI is InChI=1S/C15H15NO4/c1-3-20-15(18)12-10-16(11-7-5-4-6-8-11)14(17)9-13(12)19-2/h4-10H,3H2,1-2H3. The molecule has 0 aliphatic rings. The van der Waals surface area contributed by atoms with E-state index in [1.165, 1.54) is 23.9 Å². The van der Waals surface area contributed by atoms with Gasteiger partial charge in [0.25, 0.3) is 5.56 Å². The van der Waals surface area contributed by atoms with Crippen molar-refractivity contribution in [1.29, 1.82) is 0 Å². The maximum atomic E-state index is 12.1. The minimum Gasteiger partial charge on any atom is -0.496 e. The number of benzene rings is 1. The second kappa shape index (κ2) is 6.06. The summed E-state index contributed by atoms with van der Waals surface area (Å²) in [7, 11) is 1.41. The summed E-state index contributed by atoms with van der Waals surface area (Å²) in [4.78, 5) is 24.0. The summed E-state index contributed by atoms with van der Waals surface area (Å²) in [5, 5.41) is 0. The molecule has 0 fully saturated rings. The highest BCUT2D eigenvalue weighted by molar-refractivity contribution is 5.92. The number of carbonyl (C=O) groups excluding carboxylic acids is 1. The van der Waals surface area contributed by atoms with Crippen LogP contribution in [-0.4, -0.2) is 24.3 Å². The minimum atomic E-state index is -0.519.